The predicted molar refractivity (Wildman–Crippen MR) is 87.8 cm³/mol. The van der Waals surface area contributed by atoms with Crippen LogP contribution in [0.3, 0.4) is 0 Å². The largest absolute Gasteiger partial charge is 0.458 e. The minimum atomic E-state index is -3.73. The quantitative estimate of drug-likeness (QED) is 0.767. The number of aromatic amines is 1. The van der Waals surface area contributed by atoms with Gasteiger partial charge >= 0.3 is 0 Å². The highest BCUT2D eigenvalue weighted by molar-refractivity contribution is 7.92. The van der Waals surface area contributed by atoms with E-state index < -0.39 is 10.0 Å². The lowest BCUT2D eigenvalue weighted by Crippen LogP contribution is -2.14. The van der Waals surface area contributed by atoms with E-state index in [0.717, 1.165) is 11.1 Å². The van der Waals surface area contributed by atoms with Crippen molar-refractivity contribution >= 4 is 15.7 Å². The molecule has 0 unspecified atom stereocenters. The van der Waals surface area contributed by atoms with Gasteiger partial charge in [-0.15, -0.1) is 0 Å². The van der Waals surface area contributed by atoms with Crippen molar-refractivity contribution in [3.63, 3.8) is 0 Å². The second-order valence-corrected chi connectivity index (χ2v) is 7.01. The Morgan fingerprint density at radius 2 is 1.96 bits per heavy atom. The van der Waals surface area contributed by atoms with Crippen LogP contribution in [-0.2, 0) is 10.0 Å². The molecule has 0 aliphatic heterocycles. The highest BCUT2D eigenvalue weighted by Crippen LogP contribution is 2.29. The van der Waals surface area contributed by atoms with Gasteiger partial charge in [0.05, 0.1) is 5.69 Å². The van der Waals surface area contributed by atoms with Crippen LogP contribution in [-0.4, -0.2) is 18.6 Å². The summed E-state index contributed by atoms with van der Waals surface area (Å²) in [7, 11) is -3.73. The van der Waals surface area contributed by atoms with Crippen molar-refractivity contribution in [2.75, 3.05) is 4.72 Å². The van der Waals surface area contributed by atoms with E-state index in [4.69, 9.17) is 4.42 Å². The lowest BCUT2D eigenvalue weighted by molar-refractivity contribution is 0.533. The summed E-state index contributed by atoms with van der Waals surface area (Å²) in [6.07, 6.45) is 1.58. The van der Waals surface area contributed by atoms with Crippen molar-refractivity contribution in [1.29, 1.82) is 0 Å². The molecular weight excluding hydrogens is 314 g/mol. The Morgan fingerprint density at radius 3 is 2.65 bits per heavy atom. The molecule has 2 heterocycles. The molecule has 0 aliphatic carbocycles. The molecule has 6 nitrogen and oxygen atoms in total. The van der Waals surface area contributed by atoms with Crippen molar-refractivity contribution in [1.82, 2.24) is 10.2 Å². The minimum Gasteiger partial charge on any atom is -0.458 e. The van der Waals surface area contributed by atoms with E-state index in [-0.39, 0.29) is 4.90 Å². The number of hydrogen-bond donors (Lipinski definition) is 2. The number of aromatic nitrogens is 2. The summed E-state index contributed by atoms with van der Waals surface area (Å²) in [5, 5.41) is 6.59. The molecule has 23 heavy (non-hydrogen) atoms. The van der Waals surface area contributed by atoms with Crippen molar-refractivity contribution in [3.05, 3.63) is 53.4 Å². The zero-order valence-electron chi connectivity index (χ0n) is 13.0. The monoisotopic (exact) mass is 331 g/mol. The van der Waals surface area contributed by atoms with Gasteiger partial charge in [0.15, 0.2) is 5.76 Å². The van der Waals surface area contributed by atoms with Gasteiger partial charge < -0.3 is 4.42 Å². The Balaban J connectivity index is 1.99. The standard InChI is InChI=1S/C16H17N3O3S/c1-10-5-4-6-13(11(10)2)19-23(20,21)16-9-15(22-12(16)3)14-7-8-17-18-14/h4-9,19H,1-3H3,(H,17,18). The Labute approximate surface area is 134 Å². The Hall–Kier alpha value is -2.54. The minimum absolute atomic E-state index is 0.114. The van der Waals surface area contributed by atoms with Crippen LogP contribution in [0.25, 0.3) is 11.5 Å². The van der Waals surface area contributed by atoms with Gasteiger partial charge in [-0.05, 0) is 44.0 Å². The third-order valence-corrected chi connectivity index (χ3v) is 5.25. The van der Waals surface area contributed by atoms with Crippen molar-refractivity contribution in [2.24, 2.45) is 0 Å². The summed E-state index contributed by atoms with van der Waals surface area (Å²) >= 11 is 0. The summed E-state index contributed by atoms with van der Waals surface area (Å²) in [4.78, 5) is 0.114. The smallest absolute Gasteiger partial charge is 0.265 e. The van der Waals surface area contributed by atoms with Crippen molar-refractivity contribution in [2.45, 2.75) is 25.7 Å². The molecule has 3 rings (SSSR count). The SMILES string of the molecule is Cc1cccc(NS(=O)(=O)c2cc(-c3ccn[nH]3)oc2C)c1C. The summed E-state index contributed by atoms with van der Waals surface area (Å²) < 4.78 is 33.5. The first kappa shape index (κ1) is 15.4. The first-order valence-corrected chi connectivity index (χ1v) is 8.56. The number of nitrogens with zero attached hydrogens (tertiary/aromatic N) is 1. The zero-order valence-corrected chi connectivity index (χ0v) is 13.9. The molecule has 0 bridgehead atoms. The van der Waals surface area contributed by atoms with Crippen LogP contribution in [0.15, 0.2) is 45.8 Å². The normalized spacial score (nSPS) is 11.6. The maximum atomic E-state index is 12.7. The molecule has 0 atom stereocenters. The van der Waals surface area contributed by atoms with Gasteiger partial charge in [0, 0.05) is 12.3 Å². The van der Waals surface area contributed by atoms with E-state index in [1.165, 1.54) is 6.07 Å². The molecule has 0 saturated carbocycles. The summed E-state index contributed by atoms with van der Waals surface area (Å²) in [5.41, 5.74) is 3.10. The fraction of sp³-hybridized carbons (Fsp3) is 0.188. The molecule has 2 aromatic heterocycles. The number of aryl methyl sites for hydroxylation is 2. The lowest BCUT2D eigenvalue weighted by atomic mass is 10.1. The van der Waals surface area contributed by atoms with E-state index in [2.05, 4.69) is 14.9 Å². The molecule has 0 aliphatic rings. The van der Waals surface area contributed by atoms with Gasteiger partial charge in [-0.2, -0.15) is 5.10 Å². The van der Waals surface area contributed by atoms with Crippen LogP contribution in [0.5, 0.6) is 0 Å². The highest BCUT2D eigenvalue weighted by Gasteiger charge is 2.23. The predicted octanol–water partition coefficient (Wildman–Crippen LogP) is 3.40. The maximum Gasteiger partial charge on any atom is 0.265 e. The van der Waals surface area contributed by atoms with E-state index >= 15 is 0 Å². The second-order valence-electron chi connectivity index (χ2n) is 5.35. The number of furan rings is 1. The van der Waals surface area contributed by atoms with Crippen LogP contribution < -0.4 is 4.72 Å². The molecule has 0 radical (unpaired) electrons. The average molecular weight is 331 g/mol. The second kappa shape index (κ2) is 5.58. The van der Waals surface area contributed by atoms with E-state index in [9.17, 15) is 8.42 Å². The third-order valence-electron chi connectivity index (χ3n) is 3.78. The molecule has 0 spiro atoms. The van der Waals surface area contributed by atoms with E-state index in [1.807, 2.05) is 26.0 Å². The summed E-state index contributed by atoms with van der Waals surface area (Å²) in [6.45, 7) is 5.44. The van der Waals surface area contributed by atoms with Gasteiger partial charge in [0.1, 0.15) is 16.3 Å². The number of rotatable bonds is 4. The molecule has 0 amide bonds. The topological polar surface area (TPSA) is 88.0 Å². The average Bonchev–Trinajstić information content (AvgIpc) is 3.13. The number of sulfonamides is 1. The number of H-pyrrole nitrogens is 1. The molecule has 120 valence electrons. The fourth-order valence-electron chi connectivity index (χ4n) is 2.32. The van der Waals surface area contributed by atoms with Gasteiger partial charge in [-0.1, -0.05) is 12.1 Å². The number of anilines is 1. The molecule has 0 saturated heterocycles. The van der Waals surface area contributed by atoms with Crippen molar-refractivity contribution in [3.8, 4) is 11.5 Å². The lowest BCUT2D eigenvalue weighted by Gasteiger charge is -2.11. The number of hydrogen-bond acceptors (Lipinski definition) is 4. The fourth-order valence-corrected chi connectivity index (χ4v) is 3.62. The molecule has 3 aromatic rings. The molecule has 0 fully saturated rings. The Kier molecular flexibility index (Phi) is 3.73. The van der Waals surface area contributed by atoms with Crippen LogP contribution in [0.4, 0.5) is 5.69 Å². The van der Waals surface area contributed by atoms with Gasteiger partial charge in [-0.25, -0.2) is 8.42 Å². The number of benzene rings is 1. The third kappa shape index (κ3) is 2.87. The van der Waals surface area contributed by atoms with Crippen LogP contribution in [0.1, 0.15) is 16.9 Å². The van der Waals surface area contributed by atoms with E-state index in [1.54, 1.807) is 25.3 Å². The van der Waals surface area contributed by atoms with Gasteiger partial charge in [-0.3, -0.25) is 9.82 Å². The van der Waals surface area contributed by atoms with Gasteiger partial charge in [0.2, 0.25) is 0 Å². The van der Waals surface area contributed by atoms with Crippen molar-refractivity contribution < 1.29 is 12.8 Å². The Bertz CT molecular complexity index is 941. The first-order chi connectivity index (χ1) is 10.9. The molecule has 1 aromatic carbocycles. The zero-order chi connectivity index (χ0) is 16.6. The molecule has 2 N–H and O–H groups in total. The summed E-state index contributed by atoms with van der Waals surface area (Å²) in [5.74, 6) is 0.758. The highest BCUT2D eigenvalue weighted by atomic mass is 32.2. The van der Waals surface area contributed by atoms with Crippen LogP contribution in [0.2, 0.25) is 0 Å². The first-order valence-electron chi connectivity index (χ1n) is 7.08. The van der Waals surface area contributed by atoms with Gasteiger partial charge in [0.25, 0.3) is 10.0 Å². The number of nitrogens with one attached hydrogen (secondary N) is 2. The molecule has 7 heteroatoms. The molecular formula is C16H17N3O3S. The summed E-state index contributed by atoms with van der Waals surface area (Å²) in [6, 6.07) is 8.71. The van der Waals surface area contributed by atoms with E-state index in [0.29, 0.717) is 22.9 Å². The Morgan fingerprint density at radius 1 is 1.17 bits per heavy atom. The van der Waals surface area contributed by atoms with Crippen LogP contribution in [0, 0.1) is 20.8 Å². The van der Waals surface area contributed by atoms with Crippen LogP contribution >= 0.6 is 0 Å². The maximum absolute atomic E-state index is 12.7.